The number of carbonyl (C=O) groups is 1. The zero-order chi connectivity index (χ0) is 13.4. The summed E-state index contributed by atoms with van der Waals surface area (Å²) in [6.45, 7) is 0. The second-order valence-corrected chi connectivity index (χ2v) is 4.46. The first-order chi connectivity index (χ1) is 9.16. The van der Waals surface area contributed by atoms with Gasteiger partial charge < -0.3 is 0 Å². The van der Waals surface area contributed by atoms with Crippen LogP contribution < -0.4 is 0 Å². The lowest BCUT2D eigenvalue weighted by Gasteiger charge is -2.04. The summed E-state index contributed by atoms with van der Waals surface area (Å²) in [5, 5.41) is 10.8. The van der Waals surface area contributed by atoms with Gasteiger partial charge in [0.05, 0.1) is 4.92 Å². The van der Waals surface area contributed by atoms with Crippen LogP contribution in [-0.2, 0) is 12.8 Å². The van der Waals surface area contributed by atoms with Crippen molar-refractivity contribution in [1.82, 2.24) is 4.98 Å². The molecular formula is C14H10N2O3. The normalized spacial score (nSPS) is 13.4. The van der Waals surface area contributed by atoms with Crippen molar-refractivity contribution < 1.29 is 9.72 Å². The summed E-state index contributed by atoms with van der Waals surface area (Å²) < 4.78 is 0. The maximum atomic E-state index is 12.4. The van der Waals surface area contributed by atoms with Crippen molar-refractivity contribution in [2.45, 2.75) is 12.8 Å². The van der Waals surface area contributed by atoms with Gasteiger partial charge in [0.1, 0.15) is 0 Å². The molecule has 0 N–H and O–H groups in total. The van der Waals surface area contributed by atoms with Crippen LogP contribution in [0.5, 0.6) is 0 Å². The number of aryl methyl sites for hydroxylation is 2. The third-order valence-electron chi connectivity index (χ3n) is 3.37. The Morgan fingerprint density at radius 3 is 2.58 bits per heavy atom. The molecule has 0 spiro atoms. The fourth-order valence-corrected chi connectivity index (χ4v) is 2.37. The van der Waals surface area contributed by atoms with Gasteiger partial charge in [-0.3, -0.25) is 19.9 Å². The Hall–Kier alpha value is -2.56. The van der Waals surface area contributed by atoms with E-state index in [4.69, 9.17) is 0 Å². The Labute approximate surface area is 109 Å². The molecule has 0 fully saturated rings. The van der Waals surface area contributed by atoms with Gasteiger partial charge in [0, 0.05) is 35.7 Å². The van der Waals surface area contributed by atoms with Crippen LogP contribution >= 0.6 is 0 Å². The molecule has 1 aliphatic rings. The highest BCUT2D eigenvalue weighted by atomic mass is 16.6. The van der Waals surface area contributed by atoms with Crippen LogP contribution in [0, 0.1) is 10.1 Å². The molecule has 1 aliphatic carbocycles. The molecule has 0 amide bonds. The summed E-state index contributed by atoms with van der Waals surface area (Å²) in [5.74, 6) is -0.181. The van der Waals surface area contributed by atoms with E-state index in [2.05, 4.69) is 4.98 Å². The van der Waals surface area contributed by atoms with Crippen molar-refractivity contribution in [2.24, 2.45) is 0 Å². The molecule has 1 heterocycles. The first-order valence-electron chi connectivity index (χ1n) is 5.92. The summed E-state index contributed by atoms with van der Waals surface area (Å²) in [6, 6.07) is 6.30. The number of nitrogens with zero attached hydrogens (tertiary/aromatic N) is 2. The summed E-state index contributed by atoms with van der Waals surface area (Å²) >= 11 is 0. The Morgan fingerprint density at radius 1 is 1.11 bits per heavy atom. The number of fused-ring (bicyclic) bond motifs is 2. The van der Waals surface area contributed by atoms with Crippen molar-refractivity contribution >= 4 is 11.5 Å². The summed E-state index contributed by atoms with van der Waals surface area (Å²) in [4.78, 5) is 26.7. The summed E-state index contributed by atoms with van der Waals surface area (Å²) in [6.07, 6.45) is 4.64. The zero-order valence-corrected chi connectivity index (χ0v) is 10.00. The van der Waals surface area contributed by atoms with Crippen molar-refractivity contribution in [3.05, 3.63) is 69.0 Å². The topological polar surface area (TPSA) is 73.1 Å². The summed E-state index contributed by atoms with van der Waals surface area (Å²) in [5.41, 5.74) is 2.70. The molecule has 0 saturated carbocycles. The second-order valence-electron chi connectivity index (χ2n) is 4.46. The van der Waals surface area contributed by atoms with Crippen molar-refractivity contribution in [3.8, 4) is 0 Å². The molecule has 94 valence electrons. The van der Waals surface area contributed by atoms with E-state index in [1.54, 1.807) is 12.3 Å². The maximum Gasteiger partial charge on any atom is 0.270 e. The monoisotopic (exact) mass is 254 g/mol. The number of pyridine rings is 1. The molecule has 0 unspecified atom stereocenters. The lowest BCUT2D eigenvalue weighted by Crippen LogP contribution is -2.05. The van der Waals surface area contributed by atoms with E-state index in [0.29, 0.717) is 17.5 Å². The molecule has 1 aromatic carbocycles. The minimum Gasteiger partial charge on any atom is -0.289 e. The van der Waals surface area contributed by atoms with Crippen LogP contribution in [0.1, 0.15) is 27.0 Å². The standard InChI is InChI=1S/C14H10N2O3/c17-14-12-7-11(16(18)19)4-3-9(12)1-2-10-5-6-15-8-13(10)14/h3-8H,1-2H2. The number of benzene rings is 1. The van der Waals surface area contributed by atoms with Gasteiger partial charge in [-0.2, -0.15) is 0 Å². The van der Waals surface area contributed by atoms with E-state index in [9.17, 15) is 14.9 Å². The Balaban J connectivity index is 2.18. The number of nitro groups is 1. The predicted octanol–water partition coefficient (Wildman–Crippen LogP) is 2.32. The molecule has 0 aliphatic heterocycles. The Kier molecular flexibility index (Phi) is 2.59. The number of carbonyl (C=O) groups excluding carboxylic acids is 1. The molecule has 1 aromatic heterocycles. The molecular weight excluding hydrogens is 244 g/mol. The average Bonchev–Trinajstić information content (AvgIpc) is 2.57. The molecule has 5 nitrogen and oxygen atoms in total. The number of ketones is 1. The SMILES string of the molecule is O=C1c2cnccc2CCc2ccc([N+](=O)[O-])cc21. The molecule has 2 aromatic rings. The molecule has 19 heavy (non-hydrogen) atoms. The lowest BCUT2D eigenvalue weighted by molar-refractivity contribution is -0.384. The number of hydrogen-bond donors (Lipinski definition) is 0. The van der Waals surface area contributed by atoms with E-state index >= 15 is 0 Å². The molecule has 3 rings (SSSR count). The van der Waals surface area contributed by atoms with Gasteiger partial charge in [-0.25, -0.2) is 0 Å². The van der Waals surface area contributed by atoms with Crippen LogP contribution in [-0.4, -0.2) is 15.7 Å². The quantitative estimate of drug-likeness (QED) is 0.578. The van der Waals surface area contributed by atoms with Gasteiger partial charge in [-0.05, 0) is 30.0 Å². The van der Waals surface area contributed by atoms with E-state index in [1.807, 2.05) is 6.07 Å². The van der Waals surface area contributed by atoms with E-state index in [0.717, 1.165) is 17.5 Å². The molecule has 0 atom stereocenters. The van der Waals surface area contributed by atoms with Crippen LogP contribution in [0.2, 0.25) is 0 Å². The average molecular weight is 254 g/mol. The number of nitro benzene ring substituents is 1. The van der Waals surface area contributed by atoms with E-state index in [-0.39, 0.29) is 11.5 Å². The van der Waals surface area contributed by atoms with E-state index < -0.39 is 4.92 Å². The first kappa shape index (κ1) is 11.5. The highest BCUT2D eigenvalue weighted by molar-refractivity contribution is 6.11. The van der Waals surface area contributed by atoms with Gasteiger partial charge in [0.25, 0.3) is 5.69 Å². The third-order valence-corrected chi connectivity index (χ3v) is 3.37. The fraction of sp³-hybridized carbons (Fsp3) is 0.143. The smallest absolute Gasteiger partial charge is 0.270 e. The molecule has 5 heteroatoms. The lowest BCUT2D eigenvalue weighted by atomic mass is 10.00. The number of aromatic nitrogens is 1. The van der Waals surface area contributed by atoms with E-state index in [1.165, 1.54) is 18.3 Å². The largest absolute Gasteiger partial charge is 0.289 e. The van der Waals surface area contributed by atoms with Gasteiger partial charge in [0.2, 0.25) is 0 Å². The number of hydrogen-bond acceptors (Lipinski definition) is 4. The van der Waals surface area contributed by atoms with Crippen LogP contribution in [0.3, 0.4) is 0 Å². The highest BCUT2D eigenvalue weighted by Gasteiger charge is 2.23. The third kappa shape index (κ3) is 1.89. The van der Waals surface area contributed by atoms with Gasteiger partial charge in [-0.15, -0.1) is 0 Å². The minimum atomic E-state index is -0.484. The van der Waals surface area contributed by atoms with Crippen LogP contribution in [0.4, 0.5) is 5.69 Å². The Morgan fingerprint density at radius 2 is 1.84 bits per heavy atom. The summed E-state index contributed by atoms with van der Waals surface area (Å²) in [7, 11) is 0. The van der Waals surface area contributed by atoms with Gasteiger partial charge >= 0.3 is 0 Å². The predicted molar refractivity (Wildman–Crippen MR) is 68.2 cm³/mol. The molecule has 0 saturated heterocycles. The van der Waals surface area contributed by atoms with Crippen LogP contribution in [0.25, 0.3) is 0 Å². The number of rotatable bonds is 1. The minimum absolute atomic E-state index is 0.0561. The fourth-order valence-electron chi connectivity index (χ4n) is 2.37. The zero-order valence-electron chi connectivity index (χ0n) is 10.00. The molecule has 0 radical (unpaired) electrons. The Bertz CT molecular complexity index is 695. The van der Waals surface area contributed by atoms with Crippen LogP contribution in [0.15, 0.2) is 36.7 Å². The first-order valence-corrected chi connectivity index (χ1v) is 5.92. The van der Waals surface area contributed by atoms with Crippen molar-refractivity contribution in [2.75, 3.05) is 0 Å². The van der Waals surface area contributed by atoms with Crippen molar-refractivity contribution in [1.29, 1.82) is 0 Å². The molecule has 0 bridgehead atoms. The number of non-ortho nitro benzene ring substituents is 1. The van der Waals surface area contributed by atoms with Gasteiger partial charge in [-0.1, -0.05) is 6.07 Å². The second kappa shape index (κ2) is 4.28. The highest BCUT2D eigenvalue weighted by Crippen LogP contribution is 2.26. The van der Waals surface area contributed by atoms with Gasteiger partial charge in [0.15, 0.2) is 5.78 Å². The maximum absolute atomic E-state index is 12.4. The van der Waals surface area contributed by atoms with Crippen molar-refractivity contribution in [3.63, 3.8) is 0 Å².